The van der Waals surface area contributed by atoms with Crippen LogP contribution in [0.2, 0.25) is 0 Å². The summed E-state index contributed by atoms with van der Waals surface area (Å²) in [6, 6.07) is 19.3. The fourth-order valence-electron chi connectivity index (χ4n) is 3.13. The van der Waals surface area contributed by atoms with Gasteiger partial charge in [-0.3, -0.25) is 14.4 Å². The minimum atomic E-state index is -0.452. The van der Waals surface area contributed by atoms with Gasteiger partial charge in [-0.2, -0.15) is 0 Å². The summed E-state index contributed by atoms with van der Waals surface area (Å²) in [5.74, 6) is -0.00215. The van der Waals surface area contributed by atoms with Gasteiger partial charge in [0.1, 0.15) is 11.5 Å². The van der Waals surface area contributed by atoms with Crippen LogP contribution in [0, 0.1) is 13.8 Å². The number of amides is 2. The Morgan fingerprint density at radius 3 is 2.36 bits per heavy atom. The number of esters is 1. The Balaban J connectivity index is 1.48. The van der Waals surface area contributed by atoms with Crippen LogP contribution in [-0.4, -0.2) is 24.4 Å². The highest BCUT2D eigenvalue weighted by Gasteiger charge is 2.09. The average molecular weight is 447 g/mol. The van der Waals surface area contributed by atoms with Gasteiger partial charge in [0.05, 0.1) is 0 Å². The molecule has 0 spiro atoms. The van der Waals surface area contributed by atoms with Crippen molar-refractivity contribution in [2.24, 2.45) is 0 Å². The van der Waals surface area contributed by atoms with Crippen molar-refractivity contribution in [2.75, 3.05) is 11.9 Å². The molecule has 2 N–H and O–H groups in total. The minimum absolute atomic E-state index is 0.0650. The molecule has 170 valence electrons. The number of carbonyl (C=O) groups is 3. The number of hydrogen-bond acceptors (Lipinski definition) is 5. The monoisotopic (exact) mass is 446 g/mol. The maximum absolute atomic E-state index is 12.5. The number of nitrogens with one attached hydrogen (secondary N) is 2. The Morgan fingerprint density at radius 1 is 0.909 bits per heavy atom. The van der Waals surface area contributed by atoms with Gasteiger partial charge in [0, 0.05) is 24.7 Å². The van der Waals surface area contributed by atoms with Crippen LogP contribution in [0.1, 0.15) is 34.0 Å². The van der Waals surface area contributed by atoms with Crippen LogP contribution in [0.3, 0.4) is 0 Å². The van der Waals surface area contributed by atoms with Gasteiger partial charge in [0.15, 0.2) is 6.61 Å². The van der Waals surface area contributed by atoms with Crippen molar-refractivity contribution >= 4 is 23.5 Å². The molecule has 0 saturated heterocycles. The molecule has 0 saturated carbocycles. The summed E-state index contributed by atoms with van der Waals surface area (Å²) in [6.45, 7) is 5.52. The van der Waals surface area contributed by atoms with Crippen LogP contribution < -0.4 is 20.1 Å². The smallest absolute Gasteiger partial charge is 0.308 e. The third-order valence-corrected chi connectivity index (χ3v) is 4.75. The largest absolute Gasteiger partial charge is 0.484 e. The molecule has 0 unspecified atom stereocenters. The van der Waals surface area contributed by atoms with Crippen LogP contribution >= 0.6 is 0 Å². The summed E-state index contributed by atoms with van der Waals surface area (Å²) >= 11 is 0. The number of rotatable bonds is 8. The van der Waals surface area contributed by atoms with Crippen molar-refractivity contribution in [1.29, 1.82) is 0 Å². The lowest BCUT2D eigenvalue weighted by Gasteiger charge is -2.11. The summed E-state index contributed by atoms with van der Waals surface area (Å²) in [5, 5.41) is 5.61. The predicted octanol–water partition coefficient (Wildman–Crippen LogP) is 4.18. The summed E-state index contributed by atoms with van der Waals surface area (Å²) in [7, 11) is 0. The lowest BCUT2D eigenvalue weighted by molar-refractivity contribution is -0.131. The van der Waals surface area contributed by atoms with E-state index in [1.807, 2.05) is 44.2 Å². The molecule has 0 aliphatic carbocycles. The summed E-state index contributed by atoms with van der Waals surface area (Å²) in [4.78, 5) is 35.7. The van der Waals surface area contributed by atoms with Crippen LogP contribution in [0.5, 0.6) is 11.5 Å². The molecule has 3 aromatic carbocycles. The number of aryl methyl sites for hydroxylation is 2. The van der Waals surface area contributed by atoms with Crippen molar-refractivity contribution in [1.82, 2.24) is 5.32 Å². The maximum atomic E-state index is 12.5. The quantitative estimate of drug-likeness (QED) is 0.400. The first-order chi connectivity index (χ1) is 15.8. The maximum Gasteiger partial charge on any atom is 0.308 e. The Kier molecular flexibility index (Phi) is 7.81. The summed E-state index contributed by atoms with van der Waals surface area (Å²) in [6.07, 6.45) is 0. The zero-order valence-electron chi connectivity index (χ0n) is 18.8. The van der Waals surface area contributed by atoms with Gasteiger partial charge in [0.2, 0.25) is 0 Å². The SMILES string of the molecule is CC(=O)Oc1cccc(C(=O)Nc2ccc(CNC(=O)COc3ccc(C)cc3C)cc2)c1. The van der Waals surface area contributed by atoms with Gasteiger partial charge >= 0.3 is 5.97 Å². The fourth-order valence-corrected chi connectivity index (χ4v) is 3.13. The Hall–Kier alpha value is -4.13. The van der Waals surface area contributed by atoms with E-state index in [1.54, 1.807) is 30.3 Å². The van der Waals surface area contributed by atoms with Gasteiger partial charge in [-0.1, -0.05) is 35.9 Å². The second kappa shape index (κ2) is 10.9. The van der Waals surface area contributed by atoms with Crippen molar-refractivity contribution < 1.29 is 23.9 Å². The van der Waals surface area contributed by atoms with E-state index in [2.05, 4.69) is 10.6 Å². The van der Waals surface area contributed by atoms with Gasteiger partial charge < -0.3 is 20.1 Å². The molecule has 7 nitrogen and oxygen atoms in total. The van der Waals surface area contributed by atoms with Crippen LogP contribution in [0.4, 0.5) is 5.69 Å². The van der Waals surface area contributed by atoms with Crippen LogP contribution in [-0.2, 0) is 16.1 Å². The third-order valence-electron chi connectivity index (χ3n) is 4.75. The second-order valence-corrected chi connectivity index (χ2v) is 7.61. The number of hydrogen-bond donors (Lipinski definition) is 2. The standard InChI is InChI=1S/C26H26N2O5/c1-17-7-12-24(18(2)13-17)32-16-25(30)27-15-20-8-10-22(11-9-20)28-26(31)21-5-4-6-23(14-21)33-19(3)29/h4-14H,15-16H2,1-3H3,(H,27,30)(H,28,31). The molecule has 33 heavy (non-hydrogen) atoms. The lowest BCUT2D eigenvalue weighted by Crippen LogP contribution is -2.28. The predicted molar refractivity (Wildman–Crippen MR) is 125 cm³/mol. The molecular weight excluding hydrogens is 420 g/mol. The highest BCUT2D eigenvalue weighted by Crippen LogP contribution is 2.19. The molecule has 2 amide bonds. The first-order valence-electron chi connectivity index (χ1n) is 10.5. The fraction of sp³-hybridized carbons (Fsp3) is 0.192. The summed E-state index contributed by atoms with van der Waals surface area (Å²) in [5.41, 5.74) is 3.97. The number of anilines is 1. The molecular formula is C26H26N2O5. The van der Waals surface area contributed by atoms with Gasteiger partial charge in [-0.15, -0.1) is 0 Å². The van der Waals surface area contributed by atoms with Crippen molar-refractivity contribution in [3.63, 3.8) is 0 Å². The topological polar surface area (TPSA) is 93.7 Å². The molecule has 3 rings (SSSR count). The first-order valence-corrected chi connectivity index (χ1v) is 10.5. The number of benzene rings is 3. The first kappa shape index (κ1) is 23.5. The van der Waals surface area contributed by atoms with Crippen molar-refractivity contribution in [3.8, 4) is 11.5 Å². The number of ether oxygens (including phenoxy) is 2. The van der Waals surface area contributed by atoms with Gasteiger partial charge in [-0.05, 0) is 61.4 Å². The van der Waals surface area contributed by atoms with E-state index in [4.69, 9.17) is 9.47 Å². The van der Waals surface area contributed by atoms with Crippen LogP contribution in [0.25, 0.3) is 0 Å². The molecule has 0 aromatic heterocycles. The van der Waals surface area contributed by atoms with E-state index in [-0.39, 0.29) is 18.4 Å². The Labute approximate surface area is 192 Å². The molecule has 0 fully saturated rings. The zero-order chi connectivity index (χ0) is 23.8. The zero-order valence-corrected chi connectivity index (χ0v) is 18.8. The lowest BCUT2D eigenvalue weighted by atomic mass is 10.1. The molecule has 7 heteroatoms. The molecule has 0 aliphatic rings. The van der Waals surface area contributed by atoms with E-state index >= 15 is 0 Å². The van der Waals surface area contributed by atoms with Gasteiger partial charge in [-0.25, -0.2) is 0 Å². The van der Waals surface area contributed by atoms with Gasteiger partial charge in [0.25, 0.3) is 11.8 Å². The molecule has 0 heterocycles. The van der Waals surface area contributed by atoms with Crippen LogP contribution in [0.15, 0.2) is 66.7 Å². The van der Waals surface area contributed by atoms with E-state index in [9.17, 15) is 14.4 Å². The van der Waals surface area contributed by atoms with E-state index in [0.29, 0.717) is 29.3 Å². The summed E-state index contributed by atoms with van der Waals surface area (Å²) < 4.78 is 10.6. The minimum Gasteiger partial charge on any atom is -0.484 e. The van der Waals surface area contributed by atoms with E-state index < -0.39 is 5.97 Å². The molecule has 0 aliphatic heterocycles. The number of carbonyl (C=O) groups excluding carboxylic acids is 3. The van der Waals surface area contributed by atoms with Crippen molar-refractivity contribution in [3.05, 3.63) is 89.0 Å². The molecule has 3 aromatic rings. The molecule has 0 atom stereocenters. The molecule has 0 radical (unpaired) electrons. The Morgan fingerprint density at radius 2 is 1.67 bits per heavy atom. The third kappa shape index (κ3) is 7.21. The second-order valence-electron chi connectivity index (χ2n) is 7.61. The molecule has 0 bridgehead atoms. The Bertz CT molecular complexity index is 1160. The van der Waals surface area contributed by atoms with E-state index in [1.165, 1.54) is 13.0 Å². The average Bonchev–Trinajstić information content (AvgIpc) is 2.78. The van der Waals surface area contributed by atoms with Crippen molar-refractivity contribution in [2.45, 2.75) is 27.3 Å². The van der Waals surface area contributed by atoms with E-state index in [0.717, 1.165) is 16.7 Å². The highest BCUT2D eigenvalue weighted by atomic mass is 16.5. The highest BCUT2D eigenvalue weighted by molar-refractivity contribution is 6.04. The normalized spacial score (nSPS) is 10.3.